The Morgan fingerprint density at radius 2 is 2.05 bits per heavy atom. The van der Waals surface area contributed by atoms with Crippen molar-refractivity contribution in [3.05, 3.63) is 5.82 Å². The Morgan fingerprint density at radius 1 is 1.32 bits per heavy atom. The summed E-state index contributed by atoms with van der Waals surface area (Å²) < 4.78 is 4.56. The number of nitrogens with zero attached hydrogens (tertiary/aromatic N) is 3. The molecular formula is C14H24N4S. The van der Waals surface area contributed by atoms with E-state index in [0.717, 1.165) is 42.4 Å². The lowest BCUT2D eigenvalue weighted by atomic mass is 9.85. The van der Waals surface area contributed by atoms with Crippen LogP contribution in [0.3, 0.4) is 0 Å². The summed E-state index contributed by atoms with van der Waals surface area (Å²) in [6, 6.07) is 0. The van der Waals surface area contributed by atoms with Crippen molar-refractivity contribution >= 4 is 16.7 Å². The monoisotopic (exact) mass is 280 g/mol. The van der Waals surface area contributed by atoms with Gasteiger partial charge in [-0.05, 0) is 25.7 Å². The third-order valence-electron chi connectivity index (χ3n) is 4.68. The molecule has 0 saturated carbocycles. The molecule has 0 aromatic carbocycles. The molecule has 19 heavy (non-hydrogen) atoms. The molecule has 3 heterocycles. The van der Waals surface area contributed by atoms with E-state index in [2.05, 4.69) is 49.2 Å². The molecule has 5 heteroatoms. The normalized spacial score (nSPS) is 29.8. The summed E-state index contributed by atoms with van der Waals surface area (Å²) in [5.74, 6) is 2.46. The van der Waals surface area contributed by atoms with Crippen molar-refractivity contribution in [2.24, 2.45) is 11.8 Å². The molecule has 1 aromatic rings. The summed E-state index contributed by atoms with van der Waals surface area (Å²) in [7, 11) is 0. The summed E-state index contributed by atoms with van der Waals surface area (Å²) in [6.07, 6.45) is 0. The van der Waals surface area contributed by atoms with Crippen molar-refractivity contribution in [2.45, 2.75) is 45.6 Å². The molecule has 0 radical (unpaired) electrons. The molecule has 2 aliphatic rings. The maximum Gasteiger partial charge on any atom is 0.205 e. The molecule has 2 aliphatic heterocycles. The van der Waals surface area contributed by atoms with Crippen LogP contribution in [0.1, 0.15) is 40.4 Å². The first-order valence-corrected chi connectivity index (χ1v) is 7.90. The lowest BCUT2D eigenvalue weighted by Crippen LogP contribution is -2.44. The number of fused-ring (bicyclic) bond motifs is 1. The number of hydrogen-bond donors (Lipinski definition) is 1. The largest absolute Gasteiger partial charge is 0.341 e. The average molecular weight is 280 g/mol. The van der Waals surface area contributed by atoms with E-state index in [0.29, 0.717) is 0 Å². The molecule has 4 nitrogen and oxygen atoms in total. The van der Waals surface area contributed by atoms with Gasteiger partial charge in [-0.1, -0.05) is 20.8 Å². The van der Waals surface area contributed by atoms with Gasteiger partial charge in [0.2, 0.25) is 5.13 Å². The van der Waals surface area contributed by atoms with Crippen LogP contribution in [0.4, 0.5) is 5.13 Å². The highest BCUT2D eigenvalue weighted by atomic mass is 32.1. The Labute approximate surface area is 119 Å². The highest BCUT2D eigenvalue weighted by Crippen LogP contribution is 2.43. The molecule has 3 rings (SSSR count). The first-order valence-electron chi connectivity index (χ1n) is 7.12. The Balaban J connectivity index is 1.89. The van der Waals surface area contributed by atoms with Crippen LogP contribution < -0.4 is 10.2 Å². The first kappa shape index (κ1) is 13.3. The Kier molecular flexibility index (Phi) is 2.91. The minimum Gasteiger partial charge on any atom is -0.341 e. The van der Waals surface area contributed by atoms with Crippen LogP contribution >= 0.6 is 11.5 Å². The molecule has 0 bridgehead atoms. The second-order valence-corrected chi connectivity index (χ2v) is 8.17. The van der Waals surface area contributed by atoms with E-state index < -0.39 is 0 Å². The quantitative estimate of drug-likeness (QED) is 0.857. The van der Waals surface area contributed by atoms with Gasteiger partial charge in [0.25, 0.3) is 0 Å². The second-order valence-electron chi connectivity index (χ2n) is 7.44. The van der Waals surface area contributed by atoms with Gasteiger partial charge in [-0.3, -0.25) is 0 Å². The average Bonchev–Trinajstić information content (AvgIpc) is 2.95. The Bertz CT molecular complexity index is 474. The molecule has 0 amide bonds. The zero-order chi connectivity index (χ0) is 13.8. The van der Waals surface area contributed by atoms with Crippen LogP contribution in [0.5, 0.6) is 0 Å². The minimum absolute atomic E-state index is 0.0377. The topological polar surface area (TPSA) is 41.1 Å². The minimum atomic E-state index is 0.0377. The molecule has 0 aliphatic carbocycles. The van der Waals surface area contributed by atoms with Crippen molar-refractivity contribution in [1.29, 1.82) is 0 Å². The smallest absolute Gasteiger partial charge is 0.205 e. The molecule has 2 atom stereocenters. The lowest BCUT2D eigenvalue weighted by Gasteiger charge is -2.35. The first-order chi connectivity index (χ1) is 8.80. The molecule has 2 saturated heterocycles. The van der Waals surface area contributed by atoms with E-state index in [1.807, 2.05) is 0 Å². The maximum atomic E-state index is 4.80. The van der Waals surface area contributed by atoms with Crippen molar-refractivity contribution in [3.8, 4) is 0 Å². The maximum absolute atomic E-state index is 4.80. The lowest BCUT2D eigenvalue weighted by molar-refractivity contribution is 0.356. The van der Waals surface area contributed by atoms with Crippen LogP contribution in [-0.4, -0.2) is 34.5 Å². The van der Waals surface area contributed by atoms with E-state index in [4.69, 9.17) is 4.98 Å². The van der Waals surface area contributed by atoms with Gasteiger partial charge in [-0.25, -0.2) is 4.98 Å². The standard InChI is InChI=1S/C14H24N4S/c1-13(2,3)11-16-12(19-17-11)18-8-9-6-15-7-10(9)14(18,4)5/h9-10,15H,6-8H2,1-5H3. The number of aromatic nitrogens is 2. The van der Waals surface area contributed by atoms with Gasteiger partial charge in [0, 0.05) is 42.1 Å². The molecule has 0 spiro atoms. The van der Waals surface area contributed by atoms with E-state index in [1.165, 1.54) is 0 Å². The van der Waals surface area contributed by atoms with Crippen molar-refractivity contribution in [1.82, 2.24) is 14.7 Å². The number of rotatable bonds is 1. The summed E-state index contributed by atoms with van der Waals surface area (Å²) in [6.45, 7) is 14.6. The van der Waals surface area contributed by atoms with E-state index in [-0.39, 0.29) is 11.0 Å². The molecule has 2 fully saturated rings. The molecule has 1 N–H and O–H groups in total. The van der Waals surface area contributed by atoms with Gasteiger partial charge in [0.1, 0.15) is 5.82 Å². The Hall–Kier alpha value is -0.680. The van der Waals surface area contributed by atoms with Crippen molar-refractivity contribution in [2.75, 3.05) is 24.5 Å². The fraction of sp³-hybridized carbons (Fsp3) is 0.857. The van der Waals surface area contributed by atoms with Gasteiger partial charge < -0.3 is 10.2 Å². The van der Waals surface area contributed by atoms with E-state index in [9.17, 15) is 0 Å². The second kappa shape index (κ2) is 4.16. The van der Waals surface area contributed by atoms with Gasteiger partial charge in [-0.15, -0.1) is 0 Å². The molecular weight excluding hydrogens is 256 g/mol. The fourth-order valence-electron chi connectivity index (χ4n) is 3.38. The van der Waals surface area contributed by atoms with Crippen LogP contribution in [-0.2, 0) is 5.41 Å². The van der Waals surface area contributed by atoms with Gasteiger partial charge >= 0.3 is 0 Å². The number of nitrogens with one attached hydrogen (secondary N) is 1. The van der Waals surface area contributed by atoms with E-state index in [1.54, 1.807) is 11.5 Å². The van der Waals surface area contributed by atoms with Crippen LogP contribution in [0.25, 0.3) is 0 Å². The van der Waals surface area contributed by atoms with Crippen LogP contribution in [0.2, 0.25) is 0 Å². The van der Waals surface area contributed by atoms with Crippen molar-refractivity contribution in [3.63, 3.8) is 0 Å². The summed E-state index contributed by atoms with van der Waals surface area (Å²) in [5, 5.41) is 4.62. The highest BCUT2D eigenvalue weighted by Gasteiger charge is 2.50. The zero-order valence-electron chi connectivity index (χ0n) is 12.5. The zero-order valence-corrected chi connectivity index (χ0v) is 13.3. The van der Waals surface area contributed by atoms with Crippen molar-refractivity contribution < 1.29 is 0 Å². The predicted octanol–water partition coefficient (Wildman–Crippen LogP) is 2.27. The third-order valence-corrected chi connectivity index (χ3v) is 5.42. The predicted molar refractivity (Wildman–Crippen MR) is 79.9 cm³/mol. The SMILES string of the molecule is CC(C)(C)c1nsc(N2CC3CNCC3C2(C)C)n1. The van der Waals surface area contributed by atoms with E-state index >= 15 is 0 Å². The fourth-order valence-corrected chi connectivity index (χ4v) is 4.39. The molecule has 2 unspecified atom stereocenters. The number of anilines is 1. The van der Waals surface area contributed by atoms with Gasteiger partial charge in [-0.2, -0.15) is 4.37 Å². The van der Waals surface area contributed by atoms with Gasteiger partial charge in [0.15, 0.2) is 0 Å². The van der Waals surface area contributed by atoms with Gasteiger partial charge in [0.05, 0.1) is 0 Å². The summed E-state index contributed by atoms with van der Waals surface area (Å²) in [5.41, 5.74) is 0.221. The summed E-state index contributed by atoms with van der Waals surface area (Å²) in [4.78, 5) is 7.28. The third kappa shape index (κ3) is 2.07. The van der Waals surface area contributed by atoms with Crippen LogP contribution in [0, 0.1) is 11.8 Å². The number of hydrogen-bond acceptors (Lipinski definition) is 5. The molecule has 1 aromatic heterocycles. The van der Waals surface area contributed by atoms with Crippen LogP contribution in [0.15, 0.2) is 0 Å². The Morgan fingerprint density at radius 3 is 2.63 bits per heavy atom. The highest BCUT2D eigenvalue weighted by molar-refractivity contribution is 7.09. The summed E-state index contributed by atoms with van der Waals surface area (Å²) >= 11 is 1.56. The molecule has 106 valence electrons.